The predicted octanol–water partition coefficient (Wildman–Crippen LogP) is 2.88. The second-order valence-corrected chi connectivity index (χ2v) is 4.13. The molecule has 0 N–H and O–H groups in total. The Kier molecular flexibility index (Phi) is 1.84. The van der Waals surface area contributed by atoms with E-state index >= 15 is 0 Å². The van der Waals surface area contributed by atoms with Crippen molar-refractivity contribution in [2.45, 2.75) is 12.8 Å². The molecule has 1 nitrogen and oxygen atoms in total. The molecule has 3 aliphatic carbocycles. The number of ketones is 1. The van der Waals surface area contributed by atoms with Crippen molar-refractivity contribution in [2.75, 3.05) is 0 Å². The van der Waals surface area contributed by atoms with Crippen molar-refractivity contribution in [1.29, 1.82) is 0 Å². The van der Waals surface area contributed by atoms with Crippen LogP contribution in [0.5, 0.6) is 0 Å². The molecule has 1 atom stereocenters. The Morgan fingerprint density at radius 2 is 2.07 bits per heavy atom. The lowest BCUT2D eigenvalue weighted by Crippen LogP contribution is -2.20. The van der Waals surface area contributed by atoms with Crippen LogP contribution in [0.4, 0.5) is 0 Å². The van der Waals surface area contributed by atoms with Gasteiger partial charge < -0.3 is 0 Å². The van der Waals surface area contributed by atoms with Crippen LogP contribution in [0.25, 0.3) is 0 Å². The molecule has 15 heavy (non-hydrogen) atoms. The quantitative estimate of drug-likeness (QED) is 0.582. The van der Waals surface area contributed by atoms with E-state index in [1.54, 1.807) is 6.08 Å². The number of fused-ring (bicyclic) bond motifs is 2. The normalized spacial score (nSPS) is 27.6. The van der Waals surface area contributed by atoms with E-state index in [1.165, 1.54) is 11.1 Å². The van der Waals surface area contributed by atoms with E-state index in [0.29, 0.717) is 5.92 Å². The van der Waals surface area contributed by atoms with Crippen molar-refractivity contribution < 1.29 is 4.79 Å². The zero-order valence-corrected chi connectivity index (χ0v) is 8.44. The Morgan fingerprint density at radius 1 is 1.13 bits per heavy atom. The summed E-state index contributed by atoms with van der Waals surface area (Å²) in [4.78, 5) is 11.9. The lowest BCUT2D eigenvalue weighted by molar-refractivity contribution is -0.111. The standard InChI is InChI=1S/C14H12O/c15-13-7-3-5-11-9-8-10-4-1-2-6-12(10)14(11)13/h1-4,7-9,12H,5-6H2. The molecule has 0 aliphatic heterocycles. The van der Waals surface area contributed by atoms with Crippen LogP contribution in [0.15, 0.2) is 59.3 Å². The molecule has 1 heteroatoms. The van der Waals surface area contributed by atoms with Gasteiger partial charge in [-0.25, -0.2) is 0 Å². The summed E-state index contributed by atoms with van der Waals surface area (Å²) in [5, 5.41) is 0. The molecule has 74 valence electrons. The summed E-state index contributed by atoms with van der Waals surface area (Å²) in [5.74, 6) is 0.513. The van der Waals surface area contributed by atoms with Crippen LogP contribution < -0.4 is 0 Å². The molecule has 0 bridgehead atoms. The number of rotatable bonds is 0. The van der Waals surface area contributed by atoms with E-state index in [4.69, 9.17) is 0 Å². The van der Waals surface area contributed by atoms with Crippen LogP contribution in [-0.4, -0.2) is 5.78 Å². The van der Waals surface area contributed by atoms with Gasteiger partial charge in [-0.05, 0) is 30.1 Å². The summed E-state index contributed by atoms with van der Waals surface area (Å²) in [6.07, 6.45) is 16.1. The molecular formula is C14H12O. The van der Waals surface area contributed by atoms with Crippen molar-refractivity contribution in [3.05, 3.63) is 59.3 Å². The highest BCUT2D eigenvalue weighted by Crippen LogP contribution is 2.37. The van der Waals surface area contributed by atoms with Gasteiger partial charge in [0.2, 0.25) is 0 Å². The SMILES string of the molecule is O=C1C=CCC2=C1C1CC=CC=C1C=C2. The summed E-state index contributed by atoms with van der Waals surface area (Å²) < 4.78 is 0. The maximum absolute atomic E-state index is 11.9. The van der Waals surface area contributed by atoms with Crippen LogP contribution >= 0.6 is 0 Å². The van der Waals surface area contributed by atoms with Gasteiger partial charge in [-0.2, -0.15) is 0 Å². The molecule has 0 saturated carbocycles. The maximum Gasteiger partial charge on any atom is 0.182 e. The van der Waals surface area contributed by atoms with Gasteiger partial charge in [0, 0.05) is 11.5 Å². The molecule has 0 aromatic rings. The third-order valence-corrected chi connectivity index (χ3v) is 3.24. The maximum atomic E-state index is 11.9. The molecule has 0 aromatic carbocycles. The van der Waals surface area contributed by atoms with Crippen LogP contribution in [0.3, 0.4) is 0 Å². The largest absolute Gasteiger partial charge is 0.290 e. The molecule has 0 heterocycles. The van der Waals surface area contributed by atoms with Gasteiger partial charge in [0.25, 0.3) is 0 Å². The average molecular weight is 196 g/mol. The summed E-state index contributed by atoms with van der Waals surface area (Å²) >= 11 is 0. The van der Waals surface area contributed by atoms with Crippen molar-refractivity contribution in [2.24, 2.45) is 5.92 Å². The first-order chi connectivity index (χ1) is 7.36. The van der Waals surface area contributed by atoms with Crippen molar-refractivity contribution in [3.63, 3.8) is 0 Å². The smallest absolute Gasteiger partial charge is 0.182 e. The van der Waals surface area contributed by atoms with Gasteiger partial charge in [-0.15, -0.1) is 0 Å². The lowest BCUT2D eigenvalue weighted by atomic mass is 9.75. The zero-order chi connectivity index (χ0) is 10.3. The van der Waals surface area contributed by atoms with Crippen molar-refractivity contribution in [3.8, 4) is 0 Å². The van der Waals surface area contributed by atoms with Crippen molar-refractivity contribution >= 4 is 5.78 Å². The second kappa shape index (κ2) is 3.20. The van der Waals surface area contributed by atoms with Gasteiger partial charge in [0.05, 0.1) is 0 Å². The minimum absolute atomic E-state index is 0.201. The number of carbonyl (C=O) groups is 1. The molecule has 0 amide bonds. The highest BCUT2D eigenvalue weighted by atomic mass is 16.1. The van der Waals surface area contributed by atoms with E-state index in [2.05, 4.69) is 30.4 Å². The molecule has 0 radical (unpaired) electrons. The molecule has 0 aromatic heterocycles. The Morgan fingerprint density at radius 3 is 3.00 bits per heavy atom. The first-order valence-corrected chi connectivity index (χ1v) is 5.35. The van der Waals surface area contributed by atoms with E-state index < -0.39 is 0 Å². The number of hydrogen-bond acceptors (Lipinski definition) is 1. The predicted molar refractivity (Wildman–Crippen MR) is 60.3 cm³/mol. The molecular weight excluding hydrogens is 184 g/mol. The topological polar surface area (TPSA) is 17.1 Å². The average Bonchev–Trinajstić information content (AvgIpc) is 2.29. The number of allylic oxidation sites excluding steroid dienone is 10. The summed E-state index contributed by atoms with van der Waals surface area (Å²) in [7, 11) is 0. The van der Waals surface area contributed by atoms with Gasteiger partial charge in [-0.1, -0.05) is 36.5 Å². The van der Waals surface area contributed by atoms with E-state index in [1.807, 2.05) is 6.08 Å². The molecule has 1 unspecified atom stereocenters. The molecule has 0 saturated heterocycles. The van der Waals surface area contributed by atoms with E-state index in [-0.39, 0.29) is 5.78 Å². The van der Waals surface area contributed by atoms with Crippen molar-refractivity contribution in [1.82, 2.24) is 0 Å². The van der Waals surface area contributed by atoms with Crippen LogP contribution in [0, 0.1) is 5.92 Å². The van der Waals surface area contributed by atoms with Gasteiger partial charge in [0.15, 0.2) is 5.78 Å². The highest BCUT2D eigenvalue weighted by Gasteiger charge is 2.28. The molecule has 3 rings (SSSR count). The highest BCUT2D eigenvalue weighted by molar-refractivity contribution is 6.07. The van der Waals surface area contributed by atoms with Gasteiger partial charge in [0.1, 0.15) is 0 Å². The number of hydrogen-bond donors (Lipinski definition) is 0. The Hall–Kier alpha value is -1.63. The first kappa shape index (κ1) is 8.66. The molecule has 3 aliphatic rings. The fourth-order valence-electron chi connectivity index (χ4n) is 2.50. The van der Waals surface area contributed by atoms with E-state index in [9.17, 15) is 4.79 Å². The monoisotopic (exact) mass is 196 g/mol. The number of carbonyl (C=O) groups excluding carboxylic acids is 1. The fraction of sp³-hybridized carbons (Fsp3) is 0.214. The van der Waals surface area contributed by atoms with Gasteiger partial charge >= 0.3 is 0 Å². The summed E-state index contributed by atoms with van der Waals surface area (Å²) in [6, 6.07) is 0. The van der Waals surface area contributed by atoms with Crippen LogP contribution in [0.1, 0.15) is 12.8 Å². The molecule has 0 spiro atoms. The minimum atomic E-state index is 0.201. The Balaban J connectivity index is 2.10. The summed E-state index contributed by atoms with van der Waals surface area (Å²) in [5.41, 5.74) is 3.51. The van der Waals surface area contributed by atoms with Crippen LogP contribution in [-0.2, 0) is 4.79 Å². The summed E-state index contributed by atoms with van der Waals surface area (Å²) in [6.45, 7) is 0. The second-order valence-electron chi connectivity index (χ2n) is 4.13. The van der Waals surface area contributed by atoms with Crippen LogP contribution in [0.2, 0.25) is 0 Å². The van der Waals surface area contributed by atoms with Gasteiger partial charge in [-0.3, -0.25) is 4.79 Å². The third kappa shape index (κ3) is 1.27. The third-order valence-electron chi connectivity index (χ3n) is 3.24. The minimum Gasteiger partial charge on any atom is -0.290 e. The lowest BCUT2D eigenvalue weighted by Gasteiger charge is -2.28. The zero-order valence-electron chi connectivity index (χ0n) is 8.44. The molecule has 0 fully saturated rings. The van der Waals surface area contributed by atoms with E-state index in [0.717, 1.165) is 18.4 Å². The fourth-order valence-corrected chi connectivity index (χ4v) is 2.50. The Bertz CT molecular complexity index is 470. The first-order valence-electron chi connectivity index (χ1n) is 5.35. The Labute approximate surface area is 89.2 Å².